The molecular formula is C16H24N4O2. The standard InChI is InChI=1S/C16H24N4O2/c1-12-10-15(20-7-3-2-4-8-20)19-14(18-12)11-17-16(21)13-6-5-9-22-13/h10,13H,2-9,11H2,1H3,(H,17,21). The third-order valence-electron chi connectivity index (χ3n) is 4.21. The molecule has 0 saturated carbocycles. The second-order valence-corrected chi connectivity index (χ2v) is 6.05. The zero-order valence-electron chi connectivity index (χ0n) is 13.2. The molecule has 0 bridgehead atoms. The highest BCUT2D eigenvalue weighted by molar-refractivity contribution is 5.80. The first-order chi connectivity index (χ1) is 10.7. The molecule has 1 aromatic heterocycles. The van der Waals surface area contributed by atoms with Crippen molar-refractivity contribution in [1.29, 1.82) is 0 Å². The molecule has 1 amide bonds. The van der Waals surface area contributed by atoms with Crippen LogP contribution in [-0.2, 0) is 16.1 Å². The van der Waals surface area contributed by atoms with E-state index in [0.29, 0.717) is 19.0 Å². The summed E-state index contributed by atoms with van der Waals surface area (Å²) in [6.45, 7) is 5.12. The van der Waals surface area contributed by atoms with Crippen LogP contribution in [0.1, 0.15) is 43.6 Å². The number of hydrogen-bond acceptors (Lipinski definition) is 5. The molecule has 0 aromatic carbocycles. The second kappa shape index (κ2) is 7.05. The minimum atomic E-state index is -0.300. The Morgan fingerprint density at radius 3 is 2.86 bits per heavy atom. The van der Waals surface area contributed by atoms with Gasteiger partial charge in [-0.3, -0.25) is 4.79 Å². The van der Waals surface area contributed by atoms with E-state index in [2.05, 4.69) is 20.2 Å². The predicted molar refractivity (Wildman–Crippen MR) is 83.7 cm³/mol. The fourth-order valence-electron chi connectivity index (χ4n) is 3.04. The lowest BCUT2D eigenvalue weighted by molar-refractivity contribution is -0.130. The Morgan fingerprint density at radius 1 is 1.32 bits per heavy atom. The molecule has 1 N–H and O–H groups in total. The number of ether oxygens (including phenoxy) is 1. The van der Waals surface area contributed by atoms with Crippen molar-refractivity contribution in [2.24, 2.45) is 0 Å². The maximum Gasteiger partial charge on any atom is 0.249 e. The van der Waals surface area contributed by atoms with Gasteiger partial charge in [0.1, 0.15) is 17.7 Å². The molecule has 2 aliphatic heterocycles. The van der Waals surface area contributed by atoms with Gasteiger partial charge in [-0.15, -0.1) is 0 Å². The van der Waals surface area contributed by atoms with Crippen LogP contribution in [0.5, 0.6) is 0 Å². The number of carbonyl (C=O) groups is 1. The number of nitrogens with zero attached hydrogens (tertiary/aromatic N) is 3. The van der Waals surface area contributed by atoms with Crippen molar-refractivity contribution in [3.63, 3.8) is 0 Å². The zero-order valence-corrected chi connectivity index (χ0v) is 13.2. The molecule has 3 heterocycles. The zero-order chi connectivity index (χ0) is 15.4. The van der Waals surface area contributed by atoms with Gasteiger partial charge in [0, 0.05) is 31.5 Å². The van der Waals surface area contributed by atoms with Crippen molar-refractivity contribution < 1.29 is 9.53 Å². The molecule has 3 rings (SSSR count). The number of piperidine rings is 1. The van der Waals surface area contributed by atoms with E-state index >= 15 is 0 Å². The molecule has 1 atom stereocenters. The van der Waals surface area contributed by atoms with E-state index in [1.165, 1.54) is 19.3 Å². The topological polar surface area (TPSA) is 67.4 Å². The molecule has 2 aliphatic rings. The molecule has 2 saturated heterocycles. The minimum Gasteiger partial charge on any atom is -0.368 e. The van der Waals surface area contributed by atoms with E-state index in [9.17, 15) is 4.79 Å². The lowest BCUT2D eigenvalue weighted by atomic mass is 10.1. The van der Waals surface area contributed by atoms with Gasteiger partial charge in [0.15, 0.2) is 0 Å². The summed E-state index contributed by atoms with van der Waals surface area (Å²) in [6, 6.07) is 2.02. The number of hydrogen-bond donors (Lipinski definition) is 1. The Labute approximate surface area is 131 Å². The summed E-state index contributed by atoms with van der Waals surface area (Å²) in [5.74, 6) is 1.60. The van der Waals surface area contributed by atoms with Crippen LogP contribution in [0.15, 0.2) is 6.07 Å². The lowest BCUT2D eigenvalue weighted by Gasteiger charge is -2.28. The first-order valence-corrected chi connectivity index (χ1v) is 8.21. The van der Waals surface area contributed by atoms with E-state index in [1.54, 1.807) is 0 Å². The molecule has 6 heteroatoms. The lowest BCUT2D eigenvalue weighted by Crippen LogP contribution is -2.34. The van der Waals surface area contributed by atoms with E-state index in [-0.39, 0.29) is 12.0 Å². The summed E-state index contributed by atoms with van der Waals surface area (Å²) in [4.78, 5) is 23.3. The summed E-state index contributed by atoms with van der Waals surface area (Å²) in [5, 5.41) is 2.89. The Balaban J connectivity index is 1.62. The fourth-order valence-corrected chi connectivity index (χ4v) is 3.04. The van der Waals surface area contributed by atoms with Crippen LogP contribution < -0.4 is 10.2 Å². The van der Waals surface area contributed by atoms with Crippen molar-refractivity contribution in [2.75, 3.05) is 24.6 Å². The van der Waals surface area contributed by atoms with Gasteiger partial charge in [0.2, 0.25) is 5.91 Å². The van der Waals surface area contributed by atoms with Crippen molar-refractivity contribution in [1.82, 2.24) is 15.3 Å². The van der Waals surface area contributed by atoms with Gasteiger partial charge in [-0.2, -0.15) is 0 Å². The number of aromatic nitrogens is 2. The molecule has 0 radical (unpaired) electrons. The Hall–Kier alpha value is -1.69. The number of aryl methyl sites for hydroxylation is 1. The summed E-state index contributed by atoms with van der Waals surface area (Å²) < 4.78 is 5.38. The molecule has 2 fully saturated rings. The van der Waals surface area contributed by atoms with Crippen LogP contribution >= 0.6 is 0 Å². The quantitative estimate of drug-likeness (QED) is 0.914. The molecule has 1 aromatic rings. The van der Waals surface area contributed by atoms with Gasteiger partial charge < -0.3 is 15.0 Å². The highest BCUT2D eigenvalue weighted by atomic mass is 16.5. The average molecular weight is 304 g/mol. The summed E-state index contributed by atoms with van der Waals surface area (Å²) in [6.07, 6.45) is 5.19. The normalized spacial score (nSPS) is 21.9. The highest BCUT2D eigenvalue weighted by Gasteiger charge is 2.23. The van der Waals surface area contributed by atoms with Crippen LogP contribution in [0.3, 0.4) is 0 Å². The number of carbonyl (C=O) groups excluding carboxylic acids is 1. The molecule has 1 unspecified atom stereocenters. The fraction of sp³-hybridized carbons (Fsp3) is 0.688. The summed E-state index contributed by atoms with van der Waals surface area (Å²) in [7, 11) is 0. The van der Waals surface area contributed by atoms with Crippen molar-refractivity contribution in [3.05, 3.63) is 17.6 Å². The second-order valence-electron chi connectivity index (χ2n) is 6.05. The molecular weight excluding hydrogens is 280 g/mol. The summed E-state index contributed by atoms with van der Waals surface area (Å²) >= 11 is 0. The maximum atomic E-state index is 12.0. The van der Waals surface area contributed by atoms with Gasteiger partial charge in [0.05, 0.1) is 6.54 Å². The Morgan fingerprint density at radius 2 is 2.14 bits per heavy atom. The predicted octanol–water partition coefficient (Wildman–Crippen LogP) is 1.57. The molecule has 120 valence electrons. The monoisotopic (exact) mass is 304 g/mol. The molecule has 0 spiro atoms. The van der Waals surface area contributed by atoms with Gasteiger partial charge in [0.25, 0.3) is 0 Å². The van der Waals surface area contributed by atoms with E-state index in [0.717, 1.165) is 37.4 Å². The van der Waals surface area contributed by atoms with Crippen molar-refractivity contribution >= 4 is 11.7 Å². The summed E-state index contributed by atoms with van der Waals surface area (Å²) in [5.41, 5.74) is 0.942. The third kappa shape index (κ3) is 3.74. The number of anilines is 1. The van der Waals surface area contributed by atoms with Crippen LogP contribution in [0.25, 0.3) is 0 Å². The van der Waals surface area contributed by atoms with Crippen LogP contribution in [-0.4, -0.2) is 41.7 Å². The van der Waals surface area contributed by atoms with Gasteiger partial charge in [-0.1, -0.05) is 0 Å². The molecule has 22 heavy (non-hydrogen) atoms. The van der Waals surface area contributed by atoms with Gasteiger partial charge in [-0.25, -0.2) is 9.97 Å². The minimum absolute atomic E-state index is 0.0536. The average Bonchev–Trinajstić information content (AvgIpc) is 3.07. The highest BCUT2D eigenvalue weighted by Crippen LogP contribution is 2.18. The van der Waals surface area contributed by atoms with Gasteiger partial charge in [-0.05, 0) is 39.0 Å². The van der Waals surface area contributed by atoms with E-state index in [4.69, 9.17) is 4.74 Å². The smallest absolute Gasteiger partial charge is 0.249 e. The van der Waals surface area contributed by atoms with Crippen LogP contribution in [0, 0.1) is 6.92 Å². The molecule has 0 aliphatic carbocycles. The SMILES string of the molecule is Cc1cc(N2CCCCC2)nc(CNC(=O)C2CCCO2)n1. The van der Waals surface area contributed by atoms with E-state index in [1.807, 2.05) is 13.0 Å². The van der Waals surface area contributed by atoms with Crippen molar-refractivity contribution in [2.45, 2.75) is 51.7 Å². The molecule has 6 nitrogen and oxygen atoms in total. The largest absolute Gasteiger partial charge is 0.368 e. The third-order valence-corrected chi connectivity index (χ3v) is 4.21. The number of rotatable bonds is 4. The Bertz CT molecular complexity index is 523. The van der Waals surface area contributed by atoms with Crippen LogP contribution in [0.2, 0.25) is 0 Å². The Kier molecular flexibility index (Phi) is 4.87. The first kappa shape index (κ1) is 15.2. The van der Waals surface area contributed by atoms with Crippen LogP contribution in [0.4, 0.5) is 5.82 Å². The van der Waals surface area contributed by atoms with Gasteiger partial charge >= 0.3 is 0 Å². The number of nitrogens with one attached hydrogen (secondary N) is 1. The van der Waals surface area contributed by atoms with Crippen molar-refractivity contribution in [3.8, 4) is 0 Å². The first-order valence-electron chi connectivity index (χ1n) is 8.21. The maximum absolute atomic E-state index is 12.0. The van der Waals surface area contributed by atoms with E-state index < -0.39 is 0 Å². The number of amides is 1.